The fourth-order valence-electron chi connectivity index (χ4n) is 3.02. The molecule has 7 heteroatoms. The number of hydrogen-bond donors (Lipinski definition) is 1. The van der Waals surface area contributed by atoms with Crippen LogP contribution >= 0.6 is 0 Å². The van der Waals surface area contributed by atoms with E-state index in [0.717, 1.165) is 29.0 Å². The topological polar surface area (TPSA) is 80.2 Å². The highest BCUT2D eigenvalue weighted by Crippen LogP contribution is 2.35. The number of amides is 2. The Balaban J connectivity index is 1.72. The lowest BCUT2D eigenvalue weighted by molar-refractivity contribution is -0.130. The Morgan fingerprint density at radius 1 is 1.44 bits per heavy atom. The summed E-state index contributed by atoms with van der Waals surface area (Å²) in [5.74, 6) is 1.26. The minimum atomic E-state index is -0.267. The number of ether oxygens (including phenoxy) is 2. The molecule has 25 heavy (non-hydrogen) atoms. The van der Waals surface area contributed by atoms with E-state index in [2.05, 4.69) is 10.4 Å². The zero-order valence-corrected chi connectivity index (χ0v) is 14.8. The van der Waals surface area contributed by atoms with Crippen LogP contribution in [-0.2, 0) is 22.6 Å². The van der Waals surface area contributed by atoms with Gasteiger partial charge in [0.15, 0.2) is 0 Å². The molecular formula is C18H23N3O4. The Labute approximate surface area is 147 Å². The van der Waals surface area contributed by atoms with Crippen molar-refractivity contribution < 1.29 is 19.1 Å². The molecule has 2 heterocycles. The lowest BCUT2D eigenvalue weighted by atomic mass is 10.1. The molecule has 0 aliphatic carbocycles. The SMILES string of the molecule is CCOc1cc2c(cc1CNC(=O)C1=NN(C)C(=O)CC1)O[C@H](C)C2. The van der Waals surface area contributed by atoms with Crippen LogP contribution in [0.3, 0.4) is 0 Å². The molecule has 134 valence electrons. The molecular weight excluding hydrogens is 322 g/mol. The maximum atomic E-state index is 12.3. The highest BCUT2D eigenvalue weighted by molar-refractivity contribution is 6.39. The summed E-state index contributed by atoms with van der Waals surface area (Å²) < 4.78 is 11.5. The average Bonchev–Trinajstić information content (AvgIpc) is 2.94. The molecule has 0 aromatic heterocycles. The Morgan fingerprint density at radius 3 is 2.96 bits per heavy atom. The van der Waals surface area contributed by atoms with Gasteiger partial charge in [-0.2, -0.15) is 5.10 Å². The van der Waals surface area contributed by atoms with Gasteiger partial charge < -0.3 is 14.8 Å². The third-order valence-corrected chi connectivity index (χ3v) is 4.29. The van der Waals surface area contributed by atoms with Gasteiger partial charge in [-0.1, -0.05) is 0 Å². The van der Waals surface area contributed by atoms with E-state index in [0.29, 0.717) is 31.7 Å². The highest BCUT2D eigenvalue weighted by atomic mass is 16.5. The van der Waals surface area contributed by atoms with Crippen LogP contribution in [0.15, 0.2) is 17.2 Å². The first kappa shape index (κ1) is 17.3. The molecule has 0 unspecified atom stereocenters. The van der Waals surface area contributed by atoms with Crippen molar-refractivity contribution in [1.29, 1.82) is 0 Å². The molecule has 1 N–H and O–H groups in total. The molecule has 0 fully saturated rings. The molecule has 7 nitrogen and oxygen atoms in total. The average molecular weight is 345 g/mol. The standard InChI is InChI=1S/C18H23N3O4/c1-4-24-15-8-12-7-11(2)25-16(12)9-13(15)10-19-18(23)14-5-6-17(22)21(3)20-14/h8-9,11H,4-7,10H2,1-3H3,(H,19,23)/t11-/m1/s1. The van der Waals surface area contributed by atoms with Gasteiger partial charge in [0, 0.05) is 44.0 Å². The van der Waals surface area contributed by atoms with Crippen molar-refractivity contribution in [3.8, 4) is 11.5 Å². The van der Waals surface area contributed by atoms with Crippen molar-refractivity contribution >= 4 is 17.5 Å². The number of carbonyl (C=O) groups excluding carboxylic acids is 2. The first-order valence-corrected chi connectivity index (χ1v) is 8.55. The lowest BCUT2D eigenvalue weighted by Gasteiger charge is -2.19. The lowest BCUT2D eigenvalue weighted by Crippen LogP contribution is -2.37. The molecule has 2 aliphatic heterocycles. The Hall–Kier alpha value is -2.57. The van der Waals surface area contributed by atoms with Gasteiger partial charge in [-0.25, -0.2) is 5.01 Å². The molecule has 0 radical (unpaired) electrons. The molecule has 0 bridgehead atoms. The summed E-state index contributed by atoms with van der Waals surface area (Å²) in [6.07, 6.45) is 1.67. The van der Waals surface area contributed by atoms with E-state index >= 15 is 0 Å². The maximum Gasteiger partial charge on any atom is 0.267 e. The van der Waals surface area contributed by atoms with Gasteiger partial charge in [0.1, 0.15) is 23.3 Å². The number of benzene rings is 1. The molecule has 1 aromatic carbocycles. The molecule has 3 rings (SSSR count). The van der Waals surface area contributed by atoms with Gasteiger partial charge in [-0.15, -0.1) is 0 Å². The summed E-state index contributed by atoms with van der Waals surface area (Å²) in [5, 5.41) is 8.11. The number of fused-ring (bicyclic) bond motifs is 1. The van der Waals surface area contributed by atoms with Crippen molar-refractivity contribution in [3.05, 3.63) is 23.3 Å². The van der Waals surface area contributed by atoms with E-state index in [1.54, 1.807) is 7.05 Å². The summed E-state index contributed by atoms with van der Waals surface area (Å²) in [7, 11) is 1.56. The number of carbonyl (C=O) groups is 2. The smallest absolute Gasteiger partial charge is 0.267 e. The van der Waals surface area contributed by atoms with Crippen LogP contribution in [0.1, 0.15) is 37.8 Å². The van der Waals surface area contributed by atoms with Crippen LogP contribution in [0, 0.1) is 0 Å². The van der Waals surface area contributed by atoms with Gasteiger partial charge in [0.05, 0.1) is 6.61 Å². The van der Waals surface area contributed by atoms with E-state index in [1.165, 1.54) is 5.01 Å². The fraction of sp³-hybridized carbons (Fsp3) is 0.500. The molecule has 0 saturated carbocycles. The quantitative estimate of drug-likeness (QED) is 0.880. The number of rotatable bonds is 5. The van der Waals surface area contributed by atoms with Crippen LogP contribution in [0.5, 0.6) is 11.5 Å². The third kappa shape index (κ3) is 3.75. The Bertz CT molecular complexity index is 729. The van der Waals surface area contributed by atoms with Crippen molar-refractivity contribution in [3.63, 3.8) is 0 Å². The van der Waals surface area contributed by atoms with Gasteiger partial charge in [-0.3, -0.25) is 9.59 Å². The van der Waals surface area contributed by atoms with Crippen molar-refractivity contribution in [2.24, 2.45) is 5.10 Å². The first-order chi connectivity index (χ1) is 12.0. The maximum absolute atomic E-state index is 12.3. The number of nitrogens with zero attached hydrogens (tertiary/aromatic N) is 2. The van der Waals surface area contributed by atoms with Crippen LogP contribution in [0.2, 0.25) is 0 Å². The van der Waals surface area contributed by atoms with Crippen LogP contribution < -0.4 is 14.8 Å². The summed E-state index contributed by atoms with van der Waals surface area (Å²) in [5.41, 5.74) is 2.36. The van der Waals surface area contributed by atoms with Gasteiger partial charge in [0.2, 0.25) is 5.91 Å². The highest BCUT2D eigenvalue weighted by Gasteiger charge is 2.24. The first-order valence-electron chi connectivity index (χ1n) is 8.55. The third-order valence-electron chi connectivity index (χ3n) is 4.29. The van der Waals surface area contributed by atoms with Gasteiger partial charge in [0.25, 0.3) is 5.91 Å². The minimum absolute atomic E-state index is 0.0833. The van der Waals surface area contributed by atoms with E-state index in [9.17, 15) is 9.59 Å². The van der Waals surface area contributed by atoms with Gasteiger partial charge in [-0.05, 0) is 26.0 Å². The van der Waals surface area contributed by atoms with Gasteiger partial charge >= 0.3 is 0 Å². The van der Waals surface area contributed by atoms with Crippen molar-refractivity contribution in [2.45, 2.75) is 45.8 Å². The zero-order valence-electron chi connectivity index (χ0n) is 14.8. The summed E-state index contributed by atoms with van der Waals surface area (Å²) >= 11 is 0. The van der Waals surface area contributed by atoms with E-state index in [-0.39, 0.29) is 17.9 Å². The predicted molar refractivity (Wildman–Crippen MR) is 92.7 cm³/mol. The molecule has 1 atom stereocenters. The second kappa shape index (κ2) is 7.13. The largest absolute Gasteiger partial charge is 0.494 e. The fourth-order valence-corrected chi connectivity index (χ4v) is 3.02. The molecule has 2 aliphatic rings. The second-order valence-electron chi connectivity index (χ2n) is 6.28. The van der Waals surface area contributed by atoms with E-state index < -0.39 is 0 Å². The zero-order chi connectivity index (χ0) is 18.0. The van der Waals surface area contributed by atoms with E-state index in [4.69, 9.17) is 9.47 Å². The summed E-state index contributed by atoms with van der Waals surface area (Å²) in [6.45, 7) is 4.82. The van der Waals surface area contributed by atoms with Crippen LogP contribution in [-0.4, -0.2) is 42.3 Å². The van der Waals surface area contributed by atoms with Crippen LogP contribution in [0.25, 0.3) is 0 Å². The summed E-state index contributed by atoms with van der Waals surface area (Å²) in [4.78, 5) is 23.8. The van der Waals surface area contributed by atoms with Crippen molar-refractivity contribution in [1.82, 2.24) is 10.3 Å². The Kier molecular flexibility index (Phi) is 4.92. The normalized spacial score (nSPS) is 19.2. The number of hydrogen-bond acceptors (Lipinski definition) is 5. The predicted octanol–water partition coefficient (Wildman–Crippen LogP) is 1.63. The molecule has 0 spiro atoms. The molecule has 0 saturated heterocycles. The second-order valence-corrected chi connectivity index (χ2v) is 6.28. The number of nitrogens with one attached hydrogen (secondary N) is 1. The van der Waals surface area contributed by atoms with Crippen LogP contribution in [0.4, 0.5) is 0 Å². The Morgan fingerprint density at radius 2 is 2.24 bits per heavy atom. The monoisotopic (exact) mass is 345 g/mol. The number of hydrazone groups is 1. The minimum Gasteiger partial charge on any atom is -0.494 e. The van der Waals surface area contributed by atoms with E-state index in [1.807, 2.05) is 26.0 Å². The molecule has 2 amide bonds. The van der Waals surface area contributed by atoms with Crippen molar-refractivity contribution in [2.75, 3.05) is 13.7 Å². The molecule has 1 aromatic rings. The summed E-state index contributed by atoms with van der Waals surface area (Å²) in [6, 6.07) is 3.93.